The summed E-state index contributed by atoms with van der Waals surface area (Å²) >= 11 is 6.14. The highest BCUT2D eigenvalue weighted by Gasteiger charge is 2.34. The Morgan fingerprint density at radius 2 is 1.79 bits per heavy atom. The Morgan fingerprint density at radius 1 is 1.03 bits per heavy atom. The number of anilines is 1. The lowest BCUT2D eigenvalue weighted by molar-refractivity contribution is -0.116. The molecule has 1 amide bonds. The third kappa shape index (κ3) is 4.50. The minimum Gasteiger partial charge on any atom is -0.497 e. The van der Waals surface area contributed by atoms with Gasteiger partial charge in [0.15, 0.2) is 0 Å². The van der Waals surface area contributed by atoms with Gasteiger partial charge in [-0.3, -0.25) is 4.79 Å². The molecule has 3 aromatic carbocycles. The van der Waals surface area contributed by atoms with Crippen LogP contribution in [0.25, 0.3) is 0 Å². The highest BCUT2D eigenvalue weighted by atomic mass is 35.5. The number of nitrogens with zero attached hydrogens (tertiary/aromatic N) is 2. The predicted molar refractivity (Wildman–Crippen MR) is 126 cm³/mol. The monoisotopic (exact) mass is 485 g/mol. The molecule has 0 saturated carbocycles. The molecule has 4 rings (SSSR count). The number of halogens is 1. The molecular weight excluding hydrogens is 466 g/mol. The summed E-state index contributed by atoms with van der Waals surface area (Å²) in [4.78, 5) is 12.8. The lowest BCUT2D eigenvalue weighted by Crippen LogP contribution is -2.38. The molecule has 3 aromatic rings. The molecule has 1 aliphatic rings. The van der Waals surface area contributed by atoms with Gasteiger partial charge in [-0.15, -0.1) is 0 Å². The zero-order valence-electron chi connectivity index (χ0n) is 17.8. The van der Waals surface area contributed by atoms with Crippen molar-refractivity contribution in [1.82, 2.24) is 4.41 Å². The molecule has 10 heteroatoms. The molecule has 170 valence electrons. The van der Waals surface area contributed by atoms with Crippen molar-refractivity contribution in [2.24, 2.45) is 5.10 Å². The molecule has 0 saturated heterocycles. The van der Waals surface area contributed by atoms with Crippen LogP contribution in [-0.2, 0) is 14.8 Å². The number of rotatable bonds is 6. The van der Waals surface area contributed by atoms with Crippen LogP contribution in [0.4, 0.5) is 5.69 Å². The van der Waals surface area contributed by atoms with Gasteiger partial charge in [-0.05, 0) is 30.3 Å². The van der Waals surface area contributed by atoms with Gasteiger partial charge in [0.2, 0.25) is 5.91 Å². The van der Waals surface area contributed by atoms with E-state index in [2.05, 4.69) is 10.4 Å². The van der Waals surface area contributed by atoms with Crippen molar-refractivity contribution < 1.29 is 22.7 Å². The minimum atomic E-state index is -4.08. The van der Waals surface area contributed by atoms with Gasteiger partial charge >= 0.3 is 0 Å². The second-order valence-corrected chi connectivity index (χ2v) is 9.30. The van der Waals surface area contributed by atoms with Crippen LogP contribution in [-0.4, -0.2) is 45.2 Å². The molecule has 0 fully saturated rings. The molecule has 0 atom stereocenters. The van der Waals surface area contributed by atoms with E-state index in [4.69, 9.17) is 21.1 Å². The average Bonchev–Trinajstić information content (AvgIpc) is 2.81. The highest BCUT2D eigenvalue weighted by molar-refractivity contribution is 7.89. The van der Waals surface area contributed by atoms with Crippen LogP contribution in [0, 0.1) is 0 Å². The fourth-order valence-corrected chi connectivity index (χ4v) is 4.94. The number of ether oxygens (including phenoxy) is 2. The largest absolute Gasteiger partial charge is 0.497 e. The number of benzene rings is 3. The summed E-state index contributed by atoms with van der Waals surface area (Å²) in [5.74, 6) is 0.337. The van der Waals surface area contributed by atoms with Crippen LogP contribution in [0.5, 0.6) is 11.5 Å². The maximum absolute atomic E-state index is 13.2. The minimum absolute atomic E-state index is 0.0237. The second-order valence-electron chi connectivity index (χ2n) is 7.05. The van der Waals surface area contributed by atoms with Crippen molar-refractivity contribution in [2.75, 3.05) is 26.1 Å². The molecule has 0 aromatic heterocycles. The number of fused-ring (bicyclic) bond motifs is 1. The average molecular weight is 486 g/mol. The van der Waals surface area contributed by atoms with Crippen LogP contribution in [0.2, 0.25) is 5.02 Å². The van der Waals surface area contributed by atoms with Gasteiger partial charge in [-0.25, -0.2) is 0 Å². The second kappa shape index (κ2) is 9.13. The van der Waals surface area contributed by atoms with E-state index in [-0.39, 0.29) is 4.90 Å². The van der Waals surface area contributed by atoms with E-state index in [1.54, 1.807) is 24.3 Å². The molecule has 0 bridgehead atoms. The highest BCUT2D eigenvalue weighted by Crippen LogP contribution is 2.32. The number of hydrazone groups is 1. The van der Waals surface area contributed by atoms with E-state index in [0.717, 1.165) is 4.41 Å². The van der Waals surface area contributed by atoms with Crippen molar-refractivity contribution in [3.8, 4) is 11.5 Å². The first-order chi connectivity index (χ1) is 15.8. The Morgan fingerprint density at radius 3 is 2.48 bits per heavy atom. The van der Waals surface area contributed by atoms with Gasteiger partial charge in [0.1, 0.15) is 23.8 Å². The van der Waals surface area contributed by atoms with E-state index < -0.39 is 22.5 Å². The number of sulfonamides is 1. The summed E-state index contributed by atoms with van der Waals surface area (Å²) in [5, 5.41) is 7.38. The zero-order valence-corrected chi connectivity index (χ0v) is 19.4. The molecule has 0 radical (unpaired) electrons. The smallest absolute Gasteiger partial charge is 0.280 e. The number of hydrogen-bond donors (Lipinski definition) is 1. The third-order valence-corrected chi connectivity index (χ3v) is 6.89. The van der Waals surface area contributed by atoms with Crippen LogP contribution in [0.3, 0.4) is 0 Å². The summed E-state index contributed by atoms with van der Waals surface area (Å²) in [5.41, 5.74) is 1.84. The Bertz CT molecular complexity index is 1340. The first kappa shape index (κ1) is 22.6. The summed E-state index contributed by atoms with van der Waals surface area (Å²) in [6.45, 7) is -0.532. The first-order valence-corrected chi connectivity index (χ1v) is 11.6. The van der Waals surface area contributed by atoms with E-state index in [1.807, 2.05) is 30.3 Å². The number of nitrogens with one attached hydrogen (secondary N) is 1. The molecule has 8 nitrogen and oxygen atoms in total. The Kier molecular flexibility index (Phi) is 6.26. The van der Waals surface area contributed by atoms with Gasteiger partial charge in [0.05, 0.1) is 24.8 Å². The molecule has 0 aliphatic carbocycles. The van der Waals surface area contributed by atoms with Crippen molar-refractivity contribution in [2.45, 2.75) is 4.90 Å². The third-order valence-electron chi connectivity index (χ3n) is 4.97. The van der Waals surface area contributed by atoms with Gasteiger partial charge in [-0.2, -0.15) is 17.9 Å². The molecule has 0 spiro atoms. The quantitative estimate of drug-likeness (QED) is 0.573. The van der Waals surface area contributed by atoms with Crippen LogP contribution in [0.15, 0.2) is 76.7 Å². The number of carbonyl (C=O) groups excluding carboxylic acids is 1. The van der Waals surface area contributed by atoms with Crippen molar-refractivity contribution in [1.29, 1.82) is 0 Å². The van der Waals surface area contributed by atoms with Gasteiger partial charge in [0.25, 0.3) is 10.0 Å². The molecule has 1 heterocycles. The van der Waals surface area contributed by atoms with Gasteiger partial charge < -0.3 is 14.8 Å². The van der Waals surface area contributed by atoms with E-state index in [0.29, 0.717) is 39.0 Å². The maximum atomic E-state index is 13.2. The lowest BCUT2D eigenvalue weighted by Gasteiger charge is -2.27. The van der Waals surface area contributed by atoms with Crippen LogP contribution >= 0.6 is 11.6 Å². The number of carbonyl (C=O) groups is 1. The van der Waals surface area contributed by atoms with E-state index in [1.165, 1.54) is 26.4 Å². The Labute approximate surface area is 196 Å². The summed E-state index contributed by atoms with van der Waals surface area (Å²) in [7, 11) is -1.11. The number of methoxy groups -OCH3 is 2. The normalized spacial score (nSPS) is 14.2. The topological polar surface area (TPSA) is 97.3 Å². The SMILES string of the molecule is COc1ccc(NC(=O)CN2N=C(c3ccccc3)c3cc(Cl)ccc3S2(=O)=O)c(OC)c1. The summed E-state index contributed by atoms with van der Waals surface area (Å²) in [6.07, 6.45) is 0. The van der Waals surface area contributed by atoms with Crippen LogP contribution in [0.1, 0.15) is 11.1 Å². The Balaban J connectivity index is 1.69. The van der Waals surface area contributed by atoms with E-state index >= 15 is 0 Å². The number of amides is 1. The van der Waals surface area contributed by atoms with Crippen LogP contribution < -0.4 is 14.8 Å². The van der Waals surface area contributed by atoms with E-state index in [9.17, 15) is 13.2 Å². The fourth-order valence-electron chi connectivity index (χ4n) is 3.39. The molecular formula is C23H20ClN3O5S. The predicted octanol–water partition coefficient (Wildman–Crippen LogP) is 3.75. The molecule has 33 heavy (non-hydrogen) atoms. The maximum Gasteiger partial charge on any atom is 0.280 e. The molecule has 0 unspecified atom stereocenters. The summed E-state index contributed by atoms with van der Waals surface area (Å²) < 4.78 is 37.7. The number of hydrogen-bond acceptors (Lipinski definition) is 6. The first-order valence-electron chi connectivity index (χ1n) is 9.82. The van der Waals surface area contributed by atoms with Gasteiger partial charge in [-0.1, -0.05) is 41.9 Å². The molecule has 1 aliphatic heterocycles. The lowest BCUT2D eigenvalue weighted by atomic mass is 10.0. The van der Waals surface area contributed by atoms with Crippen molar-refractivity contribution in [3.05, 3.63) is 82.9 Å². The van der Waals surface area contributed by atoms with Gasteiger partial charge in [0, 0.05) is 22.2 Å². The van der Waals surface area contributed by atoms with Crippen molar-refractivity contribution >= 4 is 38.9 Å². The standard InChI is InChI=1S/C23H20ClN3O5S/c1-31-17-9-10-19(20(13-17)32-2)25-22(28)14-27-26-23(15-6-4-3-5-7-15)18-12-16(24)8-11-21(18)33(27,29)30/h3-13H,14H2,1-2H3,(H,25,28). The summed E-state index contributed by atoms with van der Waals surface area (Å²) in [6, 6.07) is 18.4. The van der Waals surface area contributed by atoms with Crippen molar-refractivity contribution in [3.63, 3.8) is 0 Å². The zero-order chi connectivity index (χ0) is 23.6. The fraction of sp³-hybridized carbons (Fsp3) is 0.130. The Hall–Kier alpha value is -3.56. The molecule has 1 N–H and O–H groups in total.